The molecule has 0 saturated carbocycles. The SMILES string of the molecule is CC(C)CCCNC(=O)CCc1ccccc1N. The number of aryl methyl sites for hydroxylation is 1. The molecule has 0 aliphatic carbocycles. The first-order valence-corrected chi connectivity index (χ1v) is 6.69. The largest absolute Gasteiger partial charge is 0.399 e. The molecular formula is C15H24N2O. The molecule has 1 aromatic carbocycles. The minimum absolute atomic E-state index is 0.113. The second-order valence-corrected chi connectivity index (χ2v) is 5.08. The highest BCUT2D eigenvalue weighted by Gasteiger charge is 2.04. The van der Waals surface area contributed by atoms with Crippen LogP contribution in [0.2, 0.25) is 0 Å². The Bertz CT molecular complexity index is 375. The average molecular weight is 248 g/mol. The first-order chi connectivity index (χ1) is 8.59. The van der Waals surface area contributed by atoms with Gasteiger partial charge in [-0.1, -0.05) is 32.0 Å². The summed E-state index contributed by atoms with van der Waals surface area (Å²) in [6.07, 6.45) is 3.43. The van der Waals surface area contributed by atoms with Crippen LogP contribution < -0.4 is 11.1 Å². The zero-order valence-electron chi connectivity index (χ0n) is 11.4. The van der Waals surface area contributed by atoms with Crippen LogP contribution in [0.25, 0.3) is 0 Å². The number of nitrogen functional groups attached to an aromatic ring is 1. The Morgan fingerprint density at radius 3 is 2.72 bits per heavy atom. The van der Waals surface area contributed by atoms with E-state index < -0.39 is 0 Å². The zero-order chi connectivity index (χ0) is 13.4. The van der Waals surface area contributed by atoms with E-state index in [0.29, 0.717) is 18.8 Å². The van der Waals surface area contributed by atoms with Crippen LogP contribution in [0, 0.1) is 5.92 Å². The van der Waals surface area contributed by atoms with E-state index in [9.17, 15) is 4.79 Å². The van der Waals surface area contributed by atoms with E-state index in [1.165, 1.54) is 0 Å². The van der Waals surface area contributed by atoms with Crippen molar-refractivity contribution in [2.75, 3.05) is 12.3 Å². The number of nitrogens with one attached hydrogen (secondary N) is 1. The van der Waals surface area contributed by atoms with Crippen molar-refractivity contribution in [1.82, 2.24) is 5.32 Å². The molecular weight excluding hydrogens is 224 g/mol. The molecule has 0 aliphatic rings. The normalized spacial score (nSPS) is 10.6. The second kappa shape index (κ2) is 7.75. The molecule has 0 unspecified atom stereocenters. The van der Waals surface area contributed by atoms with Gasteiger partial charge in [0.05, 0.1) is 0 Å². The summed E-state index contributed by atoms with van der Waals surface area (Å²) in [4.78, 5) is 11.6. The van der Waals surface area contributed by atoms with Gasteiger partial charge in [0.2, 0.25) is 5.91 Å². The Morgan fingerprint density at radius 2 is 2.06 bits per heavy atom. The average Bonchev–Trinajstić information content (AvgIpc) is 2.33. The van der Waals surface area contributed by atoms with Crippen molar-refractivity contribution < 1.29 is 4.79 Å². The summed E-state index contributed by atoms with van der Waals surface area (Å²) in [7, 11) is 0. The molecule has 0 aromatic heterocycles. The molecule has 1 aromatic rings. The van der Waals surface area contributed by atoms with Gasteiger partial charge in [-0.3, -0.25) is 4.79 Å². The summed E-state index contributed by atoms with van der Waals surface area (Å²) in [5.74, 6) is 0.813. The molecule has 3 nitrogen and oxygen atoms in total. The summed E-state index contributed by atoms with van der Waals surface area (Å²) in [6, 6.07) is 7.70. The lowest BCUT2D eigenvalue weighted by molar-refractivity contribution is -0.121. The van der Waals surface area contributed by atoms with Crippen LogP contribution in [-0.4, -0.2) is 12.5 Å². The first kappa shape index (κ1) is 14.6. The molecule has 0 spiro atoms. The van der Waals surface area contributed by atoms with Gasteiger partial charge in [0.15, 0.2) is 0 Å². The van der Waals surface area contributed by atoms with Crippen molar-refractivity contribution in [2.24, 2.45) is 5.92 Å². The van der Waals surface area contributed by atoms with Crippen LogP contribution in [-0.2, 0) is 11.2 Å². The van der Waals surface area contributed by atoms with E-state index in [-0.39, 0.29) is 5.91 Å². The van der Waals surface area contributed by atoms with Crippen molar-refractivity contribution in [2.45, 2.75) is 39.5 Å². The van der Waals surface area contributed by atoms with Crippen molar-refractivity contribution in [3.05, 3.63) is 29.8 Å². The lowest BCUT2D eigenvalue weighted by Gasteiger charge is -2.08. The topological polar surface area (TPSA) is 55.1 Å². The monoisotopic (exact) mass is 248 g/mol. The zero-order valence-corrected chi connectivity index (χ0v) is 11.4. The van der Waals surface area contributed by atoms with Gasteiger partial charge in [-0.05, 0) is 36.8 Å². The highest BCUT2D eigenvalue weighted by Crippen LogP contribution is 2.12. The third-order valence-electron chi connectivity index (χ3n) is 2.96. The second-order valence-electron chi connectivity index (χ2n) is 5.08. The number of carbonyl (C=O) groups is 1. The Kier molecular flexibility index (Phi) is 6.26. The number of amides is 1. The summed E-state index contributed by atoms with van der Waals surface area (Å²) >= 11 is 0. The molecule has 18 heavy (non-hydrogen) atoms. The molecule has 1 amide bonds. The molecule has 0 fully saturated rings. The van der Waals surface area contributed by atoms with Gasteiger partial charge < -0.3 is 11.1 Å². The number of hydrogen-bond acceptors (Lipinski definition) is 2. The number of para-hydroxylation sites is 1. The first-order valence-electron chi connectivity index (χ1n) is 6.69. The Labute approximate surface area is 110 Å². The van der Waals surface area contributed by atoms with Crippen LogP contribution in [0.15, 0.2) is 24.3 Å². The fourth-order valence-electron chi connectivity index (χ4n) is 1.84. The van der Waals surface area contributed by atoms with E-state index in [1.54, 1.807) is 0 Å². The molecule has 0 atom stereocenters. The van der Waals surface area contributed by atoms with E-state index >= 15 is 0 Å². The van der Waals surface area contributed by atoms with Gasteiger partial charge in [0.1, 0.15) is 0 Å². The van der Waals surface area contributed by atoms with Crippen LogP contribution >= 0.6 is 0 Å². The van der Waals surface area contributed by atoms with Gasteiger partial charge >= 0.3 is 0 Å². The van der Waals surface area contributed by atoms with Gasteiger partial charge in [-0.25, -0.2) is 0 Å². The molecule has 0 aliphatic heterocycles. The van der Waals surface area contributed by atoms with Crippen LogP contribution in [0.3, 0.4) is 0 Å². The van der Waals surface area contributed by atoms with E-state index in [1.807, 2.05) is 24.3 Å². The number of hydrogen-bond donors (Lipinski definition) is 2. The summed E-state index contributed by atoms with van der Waals surface area (Å²) < 4.78 is 0. The maximum Gasteiger partial charge on any atom is 0.220 e. The quantitative estimate of drug-likeness (QED) is 0.576. The van der Waals surface area contributed by atoms with E-state index in [4.69, 9.17) is 5.73 Å². The number of carbonyl (C=O) groups excluding carboxylic acids is 1. The number of rotatable bonds is 7. The Morgan fingerprint density at radius 1 is 1.33 bits per heavy atom. The van der Waals surface area contributed by atoms with Gasteiger partial charge in [-0.2, -0.15) is 0 Å². The molecule has 0 bridgehead atoms. The van der Waals surface area contributed by atoms with Crippen LogP contribution in [0.5, 0.6) is 0 Å². The van der Waals surface area contributed by atoms with Gasteiger partial charge in [0.25, 0.3) is 0 Å². The smallest absolute Gasteiger partial charge is 0.220 e. The summed E-state index contributed by atoms with van der Waals surface area (Å²) in [5, 5.41) is 2.95. The fourth-order valence-corrected chi connectivity index (χ4v) is 1.84. The van der Waals surface area contributed by atoms with Crippen molar-refractivity contribution in [3.63, 3.8) is 0 Å². The lowest BCUT2D eigenvalue weighted by atomic mass is 10.1. The standard InChI is InChI=1S/C15H24N2O/c1-12(2)6-5-11-17-15(18)10-9-13-7-3-4-8-14(13)16/h3-4,7-8,12H,5-6,9-11,16H2,1-2H3,(H,17,18). The third-order valence-corrected chi connectivity index (χ3v) is 2.96. The summed E-state index contributed by atoms with van der Waals surface area (Å²) in [6.45, 7) is 5.17. The molecule has 3 heteroatoms. The molecule has 3 N–H and O–H groups in total. The van der Waals surface area contributed by atoms with Crippen molar-refractivity contribution in [3.8, 4) is 0 Å². The van der Waals surface area contributed by atoms with Crippen molar-refractivity contribution in [1.29, 1.82) is 0 Å². The van der Waals surface area contributed by atoms with Crippen LogP contribution in [0.4, 0.5) is 5.69 Å². The molecule has 0 heterocycles. The molecule has 1 rings (SSSR count). The van der Waals surface area contributed by atoms with Gasteiger partial charge in [-0.15, -0.1) is 0 Å². The maximum absolute atomic E-state index is 11.6. The highest BCUT2D eigenvalue weighted by molar-refractivity contribution is 5.76. The predicted molar refractivity (Wildman–Crippen MR) is 76.3 cm³/mol. The molecule has 0 saturated heterocycles. The van der Waals surface area contributed by atoms with E-state index in [2.05, 4.69) is 19.2 Å². The number of benzene rings is 1. The van der Waals surface area contributed by atoms with E-state index in [0.717, 1.165) is 30.6 Å². The van der Waals surface area contributed by atoms with Crippen LogP contribution in [0.1, 0.15) is 38.7 Å². The highest BCUT2D eigenvalue weighted by atomic mass is 16.1. The predicted octanol–water partition coefficient (Wildman–Crippen LogP) is 2.75. The minimum Gasteiger partial charge on any atom is -0.399 e. The van der Waals surface area contributed by atoms with Gasteiger partial charge in [0, 0.05) is 18.7 Å². The summed E-state index contributed by atoms with van der Waals surface area (Å²) in [5.41, 5.74) is 7.65. The third kappa shape index (κ3) is 5.71. The van der Waals surface area contributed by atoms with Crippen molar-refractivity contribution >= 4 is 11.6 Å². The fraction of sp³-hybridized carbons (Fsp3) is 0.533. The minimum atomic E-state index is 0.113. The molecule has 0 radical (unpaired) electrons. The Hall–Kier alpha value is -1.51. The molecule has 100 valence electrons. The number of nitrogens with two attached hydrogens (primary N) is 1. The lowest BCUT2D eigenvalue weighted by Crippen LogP contribution is -2.24. The Balaban J connectivity index is 2.19. The maximum atomic E-state index is 11.6. The number of anilines is 1.